The Morgan fingerprint density at radius 2 is 1.75 bits per heavy atom. The number of benzene rings is 2. The smallest absolute Gasteiger partial charge is 0.319 e. The van der Waals surface area contributed by atoms with Gasteiger partial charge in [0.05, 0.1) is 11.4 Å². The second kappa shape index (κ2) is 7.03. The van der Waals surface area contributed by atoms with Crippen molar-refractivity contribution in [3.05, 3.63) is 65.2 Å². The van der Waals surface area contributed by atoms with Gasteiger partial charge in [-0.2, -0.15) is 0 Å². The van der Waals surface area contributed by atoms with Crippen LogP contribution in [0.1, 0.15) is 23.6 Å². The number of carbonyl (C=O) groups excluding carboxylic acids is 2. The van der Waals surface area contributed by atoms with Crippen LogP contribution in [0.5, 0.6) is 0 Å². The van der Waals surface area contributed by atoms with Crippen molar-refractivity contribution in [3.63, 3.8) is 0 Å². The average Bonchev–Trinajstić information content (AvgIpc) is 2.86. The van der Waals surface area contributed by atoms with Gasteiger partial charge in [-0.25, -0.2) is 17.5 Å². The molecule has 2 aromatic carbocycles. The zero-order valence-corrected chi connectivity index (χ0v) is 17.1. The highest BCUT2D eigenvalue weighted by Gasteiger charge is 2.49. The third kappa shape index (κ3) is 3.29. The van der Waals surface area contributed by atoms with E-state index in [0.29, 0.717) is 5.56 Å². The average molecular weight is 401 g/mol. The molecule has 1 fully saturated rings. The van der Waals surface area contributed by atoms with Gasteiger partial charge in [-0.3, -0.25) is 9.69 Å². The number of rotatable bonds is 5. The molecule has 1 aliphatic rings. The van der Waals surface area contributed by atoms with E-state index in [1.165, 1.54) is 26.2 Å². The number of hydrogen-bond donors (Lipinski definition) is 1. The summed E-state index contributed by atoms with van der Waals surface area (Å²) in [6.07, 6.45) is 0. The maximum atomic E-state index is 13.1. The molecule has 0 aliphatic carbocycles. The predicted octanol–water partition coefficient (Wildman–Crippen LogP) is 2.21. The minimum absolute atomic E-state index is 0.0110. The maximum Gasteiger partial charge on any atom is 0.325 e. The first kappa shape index (κ1) is 20.0. The fourth-order valence-corrected chi connectivity index (χ4v) is 4.33. The molecule has 0 spiro atoms. The van der Waals surface area contributed by atoms with Crippen LogP contribution in [0.4, 0.5) is 4.79 Å². The topological polar surface area (TPSA) is 86.8 Å². The van der Waals surface area contributed by atoms with E-state index in [1.54, 1.807) is 19.1 Å². The number of aryl methyl sites for hydroxylation is 1. The van der Waals surface area contributed by atoms with E-state index in [0.717, 1.165) is 20.3 Å². The third-order valence-electron chi connectivity index (χ3n) is 4.98. The zero-order chi connectivity index (χ0) is 20.7. The van der Waals surface area contributed by atoms with Gasteiger partial charge in [0.25, 0.3) is 5.91 Å². The molecule has 1 saturated heterocycles. The van der Waals surface area contributed by atoms with Crippen LogP contribution in [-0.4, -0.2) is 43.7 Å². The van der Waals surface area contributed by atoms with Gasteiger partial charge in [-0.15, -0.1) is 0 Å². The summed E-state index contributed by atoms with van der Waals surface area (Å²) in [5, 5.41) is 2.78. The molecule has 0 bridgehead atoms. The minimum Gasteiger partial charge on any atom is -0.319 e. The van der Waals surface area contributed by atoms with Crippen molar-refractivity contribution in [2.75, 3.05) is 14.1 Å². The Bertz CT molecular complexity index is 1050. The van der Waals surface area contributed by atoms with Crippen molar-refractivity contribution >= 4 is 22.0 Å². The highest BCUT2D eigenvalue weighted by atomic mass is 32.2. The molecule has 1 heterocycles. The lowest BCUT2D eigenvalue weighted by atomic mass is 9.88. The lowest BCUT2D eigenvalue weighted by molar-refractivity contribution is -0.131. The fourth-order valence-electron chi connectivity index (χ4n) is 3.35. The Hall–Kier alpha value is -2.71. The Kier molecular flexibility index (Phi) is 5.03. The van der Waals surface area contributed by atoms with Crippen molar-refractivity contribution in [2.24, 2.45) is 0 Å². The summed E-state index contributed by atoms with van der Waals surface area (Å²) in [6.45, 7) is 3.56. The summed E-state index contributed by atoms with van der Waals surface area (Å²) in [7, 11) is -0.699. The first-order valence-corrected chi connectivity index (χ1v) is 10.2. The second-order valence-electron chi connectivity index (χ2n) is 7.20. The van der Waals surface area contributed by atoms with Gasteiger partial charge in [-0.1, -0.05) is 36.4 Å². The van der Waals surface area contributed by atoms with Crippen LogP contribution in [-0.2, 0) is 26.9 Å². The van der Waals surface area contributed by atoms with Gasteiger partial charge >= 0.3 is 6.03 Å². The van der Waals surface area contributed by atoms with Crippen molar-refractivity contribution in [3.8, 4) is 0 Å². The summed E-state index contributed by atoms with van der Waals surface area (Å²) in [5.74, 6) is -0.368. The van der Waals surface area contributed by atoms with Crippen LogP contribution < -0.4 is 5.32 Å². The normalized spacial score (nSPS) is 20.0. The molecule has 1 aliphatic heterocycles. The van der Waals surface area contributed by atoms with E-state index in [1.807, 2.05) is 31.2 Å². The predicted molar refractivity (Wildman–Crippen MR) is 105 cm³/mol. The fraction of sp³-hybridized carbons (Fsp3) is 0.300. The molecule has 1 N–H and O–H groups in total. The van der Waals surface area contributed by atoms with Crippen LogP contribution in [0.25, 0.3) is 0 Å². The Labute approximate surface area is 165 Å². The number of nitrogens with one attached hydrogen (secondary N) is 1. The minimum atomic E-state index is -3.60. The largest absolute Gasteiger partial charge is 0.325 e. The first-order chi connectivity index (χ1) is 13.1. The molecule has 0 radical (unpaired) electrons. The number of imide groups is 1. The number of amides is 3. The number of nitrogens with zero attached hydrogens (tertiary/aromatic N) is 2. The summed E-state index contributed by atoms with van der Waals surface area (Å²) < 4.78 is 25.8. The Morgan fingerprint density at radius 3 is 2.39 bits per heavy atom. The van der Waals surface area contributed by atoms with Gasteiger partial charge in [0, 0.05) is 14.1 Å². The number of urea groups is 1. The van der Waals surface area contributed by atoms with Crippen LogP contribution in [0.2, 0.25) is 0 Å². The molecule has 3 amide bonds. The summed E-state index contributed by atoms with van der Waals surface area (Å²) >= 11 is 0. The summed E-state index contributed by atoms with van der Waals surface area (Å²) in [5.41, 5.74) is 1.04. The van der Waals surface area contributed by atoms with Gasteiger partial charge in [0.2, 0.25) is 10.0 Å². The molecule has 3 rings (SSSR count). The third-order valence-corrected chi connectivity index (χ3v) is 6.79. The van der Waals surface area contributed by atoms with Crippen molar-refractivity contribution in [1.29, 1.82) is 0 Å². The van der Waals surface area contributed by atoms with Crippen molar-refractivity contribution in [1.82, 2.24) is 14.5 Å². The Morgan fingerprint density at radius 1 is 1.07 bits per heavy atom. The number of sulfonamides is 1. The number of hydrogen-bond acceptors (Lipinski definition) is 4. The molecule has 148 valence electrons. The molecule has 7 nitrogen and oxygen atoms in total. The standard InChI is InChI=1S/C20H23N3O4S/c1-14-8-5-6-11-17(14)20(2)18(24)23(19(25)21-20)13-15-9-7-10-16(12-15)28(26,27)22(3)4/h5-12H,13H2,1-4H3,(H,21,25). The maximum absolute atomic E-state index is 13.1. The molecule has 0 saturated carbocycles. The van der Waals surface area contributed by atoms with E-state index < -0.39 is 21.6 Å². The molecule has 2 aromatic rings. The van der Waals surface area contributed by atoms with Crippen LogP contribution in [0.15, 0.2) is 53.4 Å². The van der Waals surface area contributed by atoms with Gasteiger partial charge < -0.3 is 5.32 Å². The van der Waals surface area contributed by atoms with Gasteiger partial charge in [-0.05, 0) is 42.7 Å². The molecule has 1 unspecified atom stereocenters. The van der Waals surface area contributed by atoms with E-state index in [2.05, 4.69) is 5.32 Å². The lowest BCUT2D eigenvalue weighted by Gasteiger charge is -2.24. The highest BCUT2D eigenvalue weighted by molar-refractivity contribution is 7.89. The SMILES string of the molecule is Cc1ccccc1C1(C)NC(=O)N(Cc2cccc(S(=O)(=O)N(C)C)c2)C1=O. The Balaban J connectivity index is 1.92. The zero-order valence-electron chi connectivity index (χ0n) is 16.3. The molecular formula is C20H23N3O4S. The van der Waals surface area contributed by atoms with Crippen molar-refractivity contribution < 1.29 is 18.0 Å². The van der Waals surface area contributed by atoms with E-state index >= 15 is 0 Å². The highest BCUT2D eigenvalue weighted by Crippen LogP contribution is 2.32. The van der Waals surface area contributed by atoms with Crippen LogP contribution in [0.3, 0.4) is 0 Å². The molecule has 0 aromatic heterocycles. The van der Waals surface area contributed by atoms with Crippen LogP contribution >= 0.6 is 0 Å². The second-order valence-corrected chi connectivity index (χ2v) is 9.35. The van der Waals surface area contributed by atoms with E-state index in [-0.39, 0.29) is 17.3 Å². The number of carbonyl (C=O) groups is 2. The van der Waals surface area contributed by atoms with E-state index in [4.69, 9.17) is 0 Å². The molecular weight excluding hydrogens is 378 g/mol. The lowest BCUT2D eigenvalue weighted by Crippen LogP contribution is -2.41. The van der Waals surface area contributed by atoms with Gasteiger partial charge in [0.1, 0.15) is 5.54 Å². The monoisotopic (exact) mass is 401 g/mol. The molecule has 8 heteroatoms. The quantitative estimate of drug-likeness (QED) is 0.779. The summed E-state index contributed by atoms with van der Waals surface area (Å²) in [6, 6.07) is 13.2. The van der Waals surface area contributed by atoms with Crippen molar-refractivity contribution in [2.45, 2.75) is 30.8 Å². The first-order valence-electron chi connectivity index (χ1n) is 8.79. The van der Waals surface area contributed by atoms with Crippen LogP contribution in [0, 0.1) is 6.92 Å². The molecule has 1 atom stereocenters. The van der Waals surface area contributed by atoms with Gasteiger partial charge in [0.15, 0.2) is 0 Å². The van der Waals surface area contributed by atoms with E-state index in [9.17, 15) is 18.0 Å². The summed E-state index contributed by atoms with van der Waals surface area (Å²) in [4.78, 5) is 26.9. The molecule has 28 heavy (non-hydrogen) atoms.